The van der Waals surface area contributed by atoms with Crippen molar-refractivity contribution < 1.29 is 9.90 Å². The molecule has 0 saturated carbocycles. The van der Waals surface area contributed by atoms with Crippen LogP contribution in [0.3, 0.4) is 0 Å². The smallest absolute Gasteiger partial charge is 0.230 e. The number of benzene rings is 1. The van der Waals surface area contributed by atoms with Crippen LogP contribution < -0.4 is 11.1 Å². The Morgan fingerprint density at radius 1 is 1.35 bits per heavy atom. The number of nitrogens with one attached hydrogen (secondary N) is 1. The Hall–Kier alpha value is -1.55. The van der Waals surface area contributed by atoms with E-state index >= 15 is 0 Å². The molecule has 4 N–H and O–H groups in total. The molecule has 4 nitrogen and oxygen atoms in total. The fraction of sp³-hybridized carbons (Fsp3) is 0.562. The largest absolute Gasteiger partial charge is 0.399 e. The topological polar surface area (TPSA) is 75.3 Å². The standard InChI is InChI=1S/C16H26N2O2/c1-12(11-19)5-4-10-18-15(20)16(2,3)13-6-8-14(17)9-7-13/h6-9,12,19H,4-5,10-11,17H2,1-3H3,(H,18,20). The van der Waals surface area contributed by atoms with E-state index in [1.807, 2.05) is 45.0 Å². The van der Waals surface area contributed by atoms with Crippen molar-refractivity contribution in [1.29, 1.82) is 0 Å². The molecule has 0 aromatic heterocycles. The Morgan fingerprint density at radius 3 is 2.50 bits per heavy atom. The van der Waals surface area contributed by atoms with Gasteiger partial charge in [0.15, 0.2) is 0 Å². The van der Waals surface area contributed by atoms with Gasteiger partial charge in [0.1, 0.15) is 0 Å². The second-order valence-corrected chi connectivity index (χ2v) is 5.93. The first-order chi connectivity index (χ1) is 9.37. The van der Waals surface area contributed by atoms with E-state index < -0.39 is 5.41 Å². The van der Waals surface area contributed by atoms with Gasteiger partial charge in [-0.3, -0.25) is 4.79 Å². The van der Waals surface area contributed by atoms with Gasteiger partial charge in [0.25, 0.3) is 0 Å². The van der Waals surface area contributed by atoms with Crippen LogP contribution in [-0.4, -0.2) is 24.2 Å². The lowest BCUT2D eigenvalue weighted by Crippen LogP contribution is -2.40. The highest BCUT2D eigenvalue weighted by Crippen LogP contribution is 2.24. The minimum absolute atomic E-state index is 0.0129. The number of carbonyl (C=O) groups excluding carboxylic acids is 1. The van der Waals surface area contributed by atoms with Crippen molar-refractivity contribution in [2.75, 3.05) is 18.9 Å². The van der Waals surface area contributed by atoms with Gasteiger partial charge in [0.05, 0.1) is 5.41 Å². The molecule has 4 heteroatoms. The lowest BCUT2D eigenvalue weighted by molar-refractivity contribution is -0.125. The quantitative estimate of drug-likeness (QED) is 0.528. The van der Waals surface area contributed by atoms with Crippen molar-refractivity contribution in [3.63, 3.8) is 0 Å². The van der Waals surface area contributed by atoms with E-state index in [-0.39, 0.29) is 18.4 Å². The van der Waals surface area contributed by atoms with Crippen molar-refractivity contribution >= 4 is 11.6 Å². The van der Waals surface area contributed by atoms with Crippen LogP contribution in [0.4, 0.5) is 5.69 Å². The Morgan fingerprint density at radius 2 is 1.95 bits per heavy atom. The zero-order chi connectivity index (χ0) is 15.2. The molecule has 20 heavy (non-hydrogen) atoms. The van der Waals surface area contributed by atoms with Crippen molar-refractivity contribution in [3.8, 4) is 0 Å². The number of anilines is 1. The molecule has 0 bridgehead atoms. The summed E-state index contributed by atoms with van der Waals surface area (Å²) in [5.41, 5.74) is 6.74. The van der Waals surface area contributed by atoms with Crippen LogP contribution in [0.2, 0.25) is 0 Å². The van der Waals surface area contributed by atoms with Crippen LogP contribution in [0, 0.1) is 5.92 Å². The summed E-state index contributed by atoms with van der Waals surface area (Å²) >= 11 is 0. The van der Waals surface area contributed by atoms with Gasteiger partial charge in [-0.1, -0.05) is 19.1 Å². The first kappa shape index (κ1) is 16.5. The number of nitrogen functional groups attached to an aromatic ring is 1. The Bertz CT molecular complexity index is 427. The van der Waals surface area contributed by atoms with Gasteiger partial charge in [0, 0.05) is 18.8 Å². The summed E-state index contributed by atoms with van der Waals surface area (Å²) in [6, 6.07) is 7.41. The van der Waals surface area contributed by atoms with Crippen molar-refractivity contribution in [2.24, 2.45) is 5.92 Å². The van der Waals surface area contributed by atoms with E-state index in [2.05, 4.69) is 5.32 Å². The summed E-state index contributed by atoms with van der Waals surface area (Å²) in [6.07, 6.45) is 1.80. The maximum atomic E-state index is 12.3. The van der Waals surface area contributed by atoms with E-state index in [0.29, 0.717) is 12.2 Å². The molecule has 0 spiro atoms. The summed E-state index contributed by atoms with van der Waals surface area (Å²) in [7, 11) is 0. The van der Waals surface area contributed by atoms with Crippen LogP contribution in [0.5, 0.6) is 0 Å². The average Bonchev–Trinajstić information content (AvgIpc) is 2.43. The van der Waals surface area contributed by atoms with Crippen molar-refractivity contribution in [1.82, 2.24) is 5.32 Å². The van der Waals surface area contributed by atoms with Gasteiger partial charge in [-0.05, 0) is 50.3 Å². The summed E-state index contributed by atoms with van der Waals surface area (Å²) < 4.78 is 0. The van der Waals surface area contributed by atoms with E-state index in [1.165, 1.54) is 0 Å². The van der Waals surface area contributed by atoms with E-state index in [4.69, 9.17) is 10.8 Å². The highest BCUT2D eigenvalue weighted by molar-refractivity contribution is 5.87. The minimum atomic E-state index is -0.573. The lowest BCUT2D eigenvalue weighted by atomic mass is 9.83. The number of carbonyl (C=O) groups is 1. The first-order valence-corrected chi connectivity index (χ1v) is 7.13. The molecule has 112 valence electrons. The molecule has 0 aliphatic rings. The molecular weight excluding hydrogens is 252 g/mol. The first-order valence-electron chi connectivity index (χ1n) is 7.13. The van der Waals surface area contributed by atoms with E-state index in [9.17, 15) is 4.79 Å². The van der Waals surface area contributed by atoms with Crippen LogP contribution >= 0.6 is 0 Å². The number of nitrogens with two attached hydrogens (primary N) is 1. The maximum absolute atomic E-state index is 12.3. The second kappa shape index (κ2) is 7.29. The van der Waals surface area contributed by atoms with Gasteiger partial charge in [0.2, 0.25) is 5.91 Å². The van der Waals surface area contributed by atoms with Crippen LogP contribution in [-0.2, 0) is 10.2 Å². The third-order valence-corrected chi connectivity index (χ3v) is 3.67. The molecular formula is C16H26N2O2. The maximum Gasteiger partial charge on any atom is 0.230 e. The van der Waals surface area contributed by atoms with Gasteiger partial charge in [-0.2, -0.15) is 0 Å². The fourth-order valence-electron chi connectivity index (χ4n) is 2.00. The Balaban J connectivity index is 2.50. The summed E-state index contributed by atoms with van der Waals surface area (Å²) in [5.74, 6) is 0.302. The molecule has 1 amide bonds. The van der Waals surface area contributed by atoms with Gasteiger partial charge in [-0.25, -0.2) is 0 Å². The predicted molar refractivity (Wildman–Crippen MR) is 82.4 cm³/mol. The highest BCUT2D eigenvalue weighted by atomic mass is 16.3. The van der Waals surface area contributed by atoms with E-state index in [0.717, 1.165) is 18.4 Å². The normalized spacial score (nSPS) is 13.0. The zero-order valence-corrected chi connectivity index (χ0v) is 12.6. The lowest BCUT2D eigenvalue weighted by Gasteiger charge is -2.24. The number of aliphatic hydroxyl groups is 1. The predicted octanol–water partition coefficient (Wildman–Crippen LogP) is 2.07. The average molecular weight is 278 g/mol. The number of hydrogen-bond acceptors (Lipinski definition) is 3. The minimum Gasteiger partial charge on any atom is -0.399 e. The molecule has 1 atom stereocenters. The zero-order valence-electron chi connectivity index (χ0n) is 12.6. The number of hydrogen-bond donors (Lipinski definition) is 3. The third kappa shape index (κ3) is 4.53. The van der Waals surface area contributed by atoms with Crippen molar-refractivity contribution in [3.05, 3.63) is 29.8 Å². The van der Waals surface area contributed by atoms with Crippen LogP contribution in [0.1, 0.15) is 39.2 Å². The fourth-order valence-corrected chi connectivity index (χ4v) is 2.00. The summed E-state index contributed by atoms with van der Waals surface area (Å²) in [4.78, 5) is 12.3. The number of amides is 1. The summed E-state index contributed by atoms with van der Waals surface area (Å²) in [5, 5.41) is 11.9. The molecule has 1 aromatic rings. The molecule has 1 rings (SSSR count). The van der Waals surface area contributed by atoms with Crippen molar-refractivity contribution in [2.45, 2.75) is 39.0 Å². The number of aliphatic hydroxyl groups excluding tert-OH is 1. The highest BCUT2D eigenvalue weighted by Gasteiger charge is 2.29. The SMILES string of the molecule is CC(CO)CCCNC(=O)C(C)(C)c1ccc(N)cc1. The van der Waals surface area contributed by atoms with Gasteiger partial charge < -0.3 is 16.2 Å². The molecule has 1 unspecified atom stereocenters. The third-order valence-electron chi connectivity index (χ3n) is 3.67. The molecule has 0 radical (unpaired) electrons. The van der Waals surface area contributed by atoms with Crippen LogP contribution in [0.25, 0.3) is 0 Å². The van der Waals surface area contributed by atoms with Gasteiger partial charge >= 0.3 is 0 Å². The molecule has 0 saturated heterocycles. The molecule has 0 fully saturated rings. The Kier molecular flexibility index (Phi) is 6.02. The van der Waals surface area contributed by atoms with Gasteiger partial charge in [-0.15, -0.1) is 0 Å². The molecule has 0 aliphatic carbocycles. The monoisotopic (exact) mass is 278 g/mol. The van der Waals surface area contributed by atoms with E-state index in [1.54, 1.807) is 0 Å². The molecule has 1 aromatic carbocycles. The Labute approximate surface area is 121 Å². The molecule has 0 heterocycles. The van der Waals surface area contributed by atoms with Crippen LogP contribution in [0.15, 0.2) is 24.3 Å². The molecule has 0 aliphatic heterocycles. The summed E-state index contributed by atoms with van der Waals surface area (Å²) in [6.45, 7) is 6.65. The second-order valence-electron chi connectivity index (χ2n) is 5.93. The number of rotatable bonds is 7.